The van der Waals surface area contributed by atoms with Gasteiger partial charge >= 0.3 is 6.18 Å². The van der Waals surface area contributed by atoms with Gasteiger partial charge in [-0.15, -0.1) is 22.6 Å². The van der Waals surface area contributed by atoms with Crippen LogP contribution in [0, 0.1) is 6.92 Å². The summed E-state index contributed by atoms with van der Waals surface area (Å²) in [4.78, 5) is 6.95. The fraction of sp³-hybridized carbons (Fsp3) is 0.400. The van der Waals surface area contributed by atoms with Gasteiger partial charge in [-0.05, 0) is 61.2 Å². The first-order valence-corrected chi connectivity index (χ1v) is 12.6. The maximum Gasteiger partial charge on any atom is 0.416 e. The van der Waals surface area contributed by atoms with Gasteiger partial charge in [0.1, 0.15) is 5.52 Å². The van der Waals surface area contributed by atoms with Gasteiger partial charge in [0, 0.05) is 38.4 Å². The van der Waals surface area contributed by atoms with Crippen molar-refractivity contribution >= 4 is 35.3 Å². The zero-order valence-electron chi connectivity index (χ0n) is 20.0. The number of rotatable bonds is 6. The van der Waals surface area contributed by atoms with Crippen molar-refractivity contribution in [1.82, 2.24) is 24.6 Å². The van der Waals surface area contributed by atoms with Crippen LogP contribution in [0.25, 0.3) is 22.5 Å². The maximum atomic E-state index is 12.8. The number of benzene rings is 2. The molecule has 0 saturated carbocycles. The van der Waals surface area contributed by atoms with Crippen molar-refractivity contribution in [2.75, 3.05) is 25.4 Å². The van der Waals surface area contributed by atoms with E-state index in [1.165, 1.54) is 23.3 Å². The molecule has 0 unspecified atom stereocenters. The van der Waals surface area contributed by atoms with Crippen molar-refractivity contribution < 1.29 is 17.6 Å². The lowest BCUT2D eigenvalue weighted by Crippen LogP contribution is -2.27. The molecule has 0 aliphatic carbocycles. The highest BCUT2D eigenvalue weighted by molar-refractivity contribution is 7.99. The molecule has 1 aliphatic heterocycles. The molecule has 2 aromatic carbocycles. The van der Waals surface area contributed by atoms with E-state index in [0.29, 0.717) is 17.3 Å². The van der Waals surface area contributed by atoms with E-state index in [1.54, 1.807) is 11.8 Å². The Morgan fingerprint density at radius 1 is 1.03 bits per heavy atom. The van der Waals surface area contributed by atoms with Crippen LogP contribution in [-0.4, -0.2) is 50.0 Å². The van der Waals surface area contributed by atoms with E-state index in [4.69, 9.17) is 4.42 Å². The Kier molecular flexibility index (Phi) is 7.96. The average molecular weight is 538 g/mol. The first-order chi connectivity index (χ1) is 16.8. The molecule has 11 heteroatoms. The molecule has 0 radical (unpaired) electrons. The summed E-state index contributed by atoms with van der Waals surface area (Å²) in [6.07, 6.45) is -1.34. The van der Waals surface area contributed by atoms with Gasteiger partial charge in [-0.25, -0.2) is 4.98 Å². The molecular formula is C25H27ClF3N5OS. The third-order valence-electron chi connectivity index (χ3n) is 6.37. The number of aryl methyl sites for hydroxylation is 1. The Bertz CT molecular complexity index is 1290. The normalized spacial score (nSPS) is 14.5. The van der Waals surface area contributed by atoms with Crippen LogP contribution in [0.4, 0.5) is 13.2 Å². The molecule has 1 aliphatic rings. The second-order valence-corrected chi connectivity index (χ2v) is 9.87. The minimum atomic E-state index is -4.35. The Balaban J connectivity index is 0.00000304. The average Bonchev–Trinajstić information content (AvgIpc) is 3.30. The maximum absolute atomic E-state index is 12.8. The molecular weight excluding hydrogens is 511 g/mol. The summed E-state index contributed by atoms with van der Waals surface area (Å²) in [6.45, 7) is 4.90. The van der Waals surface area contributed by atoms with Gasteiger partial charge in [-0.2, -0.15) is 13.2 Å². The molecule has 6 nitrogen and oxygen atoms in total. The second kappa shape index (κ2) is 10.8. The summed E-state index contributed by atoms with van der Waals surface area (Å²) < 4.78 is 46.0. The standard InChI is InChI=1S/C25H26F3N5OS.ClH/c1-16-29-21-14-18-8-11-33(12-9-19(18)15-22(21)34-16)10-3-13-35-24-31-30-23(32(24)2)17-4-6-20(7-5-17)25(26,27)28;/h4-7,14-15H,3,8-13H2,1-2H3;1H. The first-order valence-electron chi connectivity index (χ1n) is 11.6. The Morgan fingerprint density at radius 2 is 1.72 bits per heavy atom. The van der Waals surface area contributed by atoms with Crippen LogP contribution in [-0.2, 0) is 26.1 Å². The lowest BCUT2D eigenvalue weighted by Gasteiger charge is -2.19. The van der Waals surface area contributed by atoms with Crippen molar-refractivity contribution in [2.24, 2.45) is 7.05 Å². The second-order valence-electron chi connectivity index (χ2n) is 8.81. The third kappa shape index (κ3) is 5.71. The Hall–Kier alpha value is -2.56. The SMILES string of the molecule is Cc1nc2cc3c(cc2o1)CCN(CCCSc1nnc(-c2ccc(C(F)(F)F)cc2)n1C)CC3.Cl. The van der Waals surface area contributed by atoms with Crippen LogP contribution in [0.3, 0.4) is 0 Å². The first kappa shape index (κ1) is 26.5. The predicted molar refractivity (Wildman–Crippen MR) is 137 cm³/mol. The smallest absolute Gasteiger partial charge is 0.416 e. The molecule has 36 heavy (non-hydrogen) atoms. The van der Waals surface area contributed by atoms with Gasteiger partial charge in [-0.3, -0.25) is 0 Å². The molecule has 192 valence electrons. The molecule has 4 aromatic rings. The third-order valence-corrected chi connectivity index (χ3v) is 7.47. The molecule has 0 fully saturated rings. The minimum Gasteiger partial charge on any atom is -0.441 e. The summed E-state index contributed by atoms with van der Waals surface area (Å²) in [7, 11) is 1.84. The highest BCUT2D eigenvalue weighted by atomic mass is 35.5. The minimum absolute atomic E-state index is 0. The number of thioether (sulfide) groups is 1. The van der Waals surface area contributed by atoms with Crippen molar-refractivity contribution in [3.05, 3.63) is 59.0 Å². The van der Waals surface area contributed by atoms with Crippen LogP contribution >= 0.6 is 24.2 Å². The number of fused-ring (bicyclic) bond motifs is 2. The zero-order chi connectivity index (χ0) is 24.6. The molecule has 3 heterocycles. The van der Waals surface area contributed by atoms with Crippen LogP contribution in [0.15, 0.2) is 46.0 Å². The topological polar surface area (TPSA) is 60.0 Å². The number of hydrogen-bond donors (Lipinski definition) is 0. The van der Waals surface area contributed by atoms with Gasteiger partial charge in [0.15, 0.2) is 22.5 Å². The van der Waals surface area contributed by atoms with Crippen LogP contribution in [0.2, 0.25) is 0 Å². The molecule has 0 amide bonds. The summed E-state index contributed by atoms with van der Waals surface area (Å²) in [5.74, 6) is 2.15. The van der Waals surface area contributed by atoms with Crippen molar-refractivity contribution in [2.45, 2.75) is 37.5 Å². The summed E-state index contributed by atoms with van der Waals surface area (Å²) in [5.41, 5.74) is 4.45. The van der Waals surface area contributed by atoms with Gasteiger partial charge in [0.25, 0.3) is 0 Å². The Morgan fingerprint density at radius 3 is 2.42 bits per heavy atom. The molecule has 2 aromatic heterocycles. The highest BCUT2D eigenvalue weighted by Crippen LogP contribution is 2.31. The van der Waals surface area contributed by atoms with E-state index >= 15 is 0 Å². The van der Waals surface area contributed by atoms with E-state index < -0.39 is 11.7 Å². The number of aromatic nitrogens is 4. The van der Waals surface area contributed by atoms with E-state index in [-0.39, 0.29) is 12.4 Å². The van der Waals surface area contributed by atoms with E-state index in [9.17, 15) is 13.2 Å². The molecule has 0 N–H and O–H groups in total. The molecule has 5 rings (SSSR count). The van der Waals surface area contributed by atoms with Crippen molar-refractivity contribution in [3.63, 3.8) is 0 Å². The fourth-order valence-corrected chi connectivity index (χ4v) is 5.32. The number of hydrogen-bond acceptors (Lipinski definition) is 6. The molecule has 0 bridgehead atoms. The summed E-state index contributed by atoms with van der Waals surface area (Å²) in [5, 5.41) is 9.19. The largest absolute Gasteiger partial charge is 0.441 e. The number of halogens is 4. The lowest BCUT2D eigenvalue weighted by molar-refractivity contribution is -0.137. The van der Waals surface area contributed by atoms with E-state index in [1.807, 2.05) is 18.5 Å². The number of nitrogens with zero attached hydrogens (tertiary/aromatic N) is 5. The lowest BCUT2D eigenvalue weighted by atomic mass is 10.0. The van der Waals surface area contributed by atoms with Gasteiger partial charge in [-0.1, -0.05) is 23.9 Å². The zero-order valence-corrected chi connectivity index (χ0v) is 21.6. The quantitative estimate of drug-likeness (QED) is 0.223. The summed E-state index contributed by atoms with van der Waals surface area (Å²) in [6, 6.07) is 9.34. The van der Waals surface area contributed by atoms with Gasteiger partial charge in [0.2, 0.25) is 0 Å². The monoisotopic (exact) mass is 537 g/mol. The fourth-order valence-electron chi connectivity index (χ4n) is 4.48. The van der Waals surface area contributed by atoms with Crippen LogP contribution in [0.5, 0.6) is 0 Å². The number of alkyl halides is 3. The van der Waals surface area contributed by atoms with E-state index in [2.05, 4.69) is 32.2 Å². The predicted octanol–water partition coefficient (Wildman–Crippen LogP) is 5.96. The number of oxazole rings is 1. The van der Waals surface area contributed by atoms with Gasteiger partial charge < -0.3 is 13.9 Å². The Labute approximate surface area is 217 Å². The molecule has 0 spiro atoms. The van der Waals surface area contributed by atoms with Crippen LogP contribution < -0.4 is 0 Å². The van der Waals surface area contributed by atoms with Gasteiger partial charge in [0.05, 0.1) is 5.56 Å². The van der Waals surface area contributed by atoms with E-state index in [0.717, 1.165) is 73.0 Å². The van der Waals surface area contributed by atoms with Crippen molar-refractivity contribution in [3.8, 4) is 11.4 Å². The molecule has 0 saturated heterocycles. The summed E-state index contributed by atoms with van der Waals surface area (Å²) >= 11 is 1.62. The van der Waals surface area contributed by atoms with Crippen LogP contribution in [0.1, 0.15) is 29.0 Å². The molecule has 0 atom stereocenters. The van der Waals surface area contributed by atoms with Crippen molar-refractivity contribution in [1.29, 1.82) is 0 Å². The highest BCUT2D eigenvalue weighted by Gasteiger charge is 2.30.